The van der Waals surface area contributed by atoms with Crippen LogP contribution >= 0.6 is 11.6 Å². The molecule has 2 aliphatic rings. The van der Waals surface area contributed by atoms with E-state index >= 15 is 0 Å². The van der Waals surface area contributed by atoms with Gasteiger partial charge in [0.15, 0.2) is 0 Å². The van der Waals surface area contributed by atoms with Crippen LogP contribution < -0.4 is 16.1 Å². The van der Waals surface area contributed by atoms with E-state index in [1.807, 2.05) is 4.90 Å². The molecular weight excluding hydrogens is 382 g/mol. The van der Waals surface area contributed by atoms with Gasteiger partial charge in [0, 0.05) is 31.4 Å². The van der Waals surface area contributed by atoms with Crippen molar-refractivity contribution in [3.8, 4) is 5.75 Å². The number of carboxylic acid groups (broad SMARTS) is 1. The molecule has 4 N–H and O–H groups in total. The molecule has 1 aliphatic carbocycles. The van der Waals surface area contributed by atoms with Gasteiger partial charge in [0.25, 0.3) is 0 Å². The Morgan fingerprint density at radius 1 is 1.36 bits per heavy atom. The summed E-state index contributed by atoms with van der Waals surface area (Å²) < 4.78 is 1.78. The summed E-state index contributed by atoms with van der Waals surface area (Å²) >= 11 is 6.73. The van der Waals surface area contributed by atoms with E-state index in [1.54, 1.807) is 4.57 Å². The number of carboxylic acids is 1. The van der Waals surface area contributed by atoms with Gasteiger partial charge in [-0.2, -0.15) is 0 Å². The molecule has 1 saturated carbocycles. The zero-order valence-electron chi connectivity index (χ0n) is 15.7. The van der Waals surface area contributed by atoms with Crippen molar-refractivity contribution < 1.29 is 15.0 Å². The number of aromatic nitrogens is 1. The summed E-state index contributed by atoms with van der Waals surface area (Å²) in [5, 5.41) is 20.5. The first kappa shape index (κ1) is 19.1. The van der Waals surface area contributed by atoms with Gasteiger partial charge in [0.1, 0.15) is 17.0 Å². The van der Waals surface area contributed by atoms with Crippen molar-refractivity contribution in [2.45, 2.75) is 44.7 Å². The largest absolute Gasteiger partial charge is 0.506 e. The van der Waals surface area contributed by atoms with Gasteiger partial charge in [0.2, 0.25) is 5.43 Å². The highest BCUT2D eigenvalue weighted by Gasteiger charge is 2.32. The first-order valence-electron chi connectivity index (χ1n) is 9.67. The van der Waals surface area contributed by atoms with Crippen molar-refractivity contribution in [1.82, 2.24) is 4.57 Å². The van der Waals surface area contributed by atoms with Crippen molar-refractivity contribution in [3.63, 3.8) is 0 Å². The third kappa shape index (κ3) is 3.02. The van der Waals surface area contributed by atoms with Gasteiger partial charge in [0.05, 0.1) is 15.9 Å². The molecule has 1 aromatic heterocycles. The molecule has 8 heteroatoms. The van der Waals surface area contributed by atoms with Crippen LogP contribution in [0.2, 0.25) is 5.02 Å². The highest BCUT2D eigenvalue weighted by Crippen LogP contribution is 2.45. The van der Waals surface area contributed by atoms with Gasteiger partial charge < -0.3 is 25.4 Å². The van der Waals surface area contributed by atoms with Crippen LogP contribution in [0.25, 0.3) is 10.9 Å². The van der Waals surface area contributed by atoms with Crippen LogP contribution in [-0.2, 0) is 0 Å². The Hall–Kier alpha value is -2.25. The summed E-state index contributed by atoms with van der Waals surface area (Å²) in [6, 6.07) is 1.44. The van der Waals surface area contributed by atoms with Crippen LogP contribution in [0.3, 0.4) is 0 Å². The van der Waals surface area contributed by atoms with Gasteiger partial charge in [-0.15, -0.1) is 0 Å². The zero-order chi connectivity index (χ0) is 20.2. The number of piperidine rings is 1. The standard InChI is InChI=1S/C20H24ClN3O4/c1-2-10-5-6-23(9-14(10)22)18-15(25)7-12-17(16(18)21)24(11-3-4-11)8-13(19(12)26)20(27)28/h7-8,10-11,14,25H,2-6,9,22H2,1H3,(H,27,28)/t10-,14-/m1/s1. The topological polar surface area (TPSA) is 109 Å². The van der Waals surface area contributed by atoms with Crippen LogP contribution in [0.1, 0.15) is 49.0 Å². The fourth-order valence-electron chi connectivity index (χ4n) is 4.28. The van der Waals surface area contributed by atoms with Crippen LogP contribution in [0.4, 0.5) is 5.69 Å². The predicted octanol–water partition coefficient (Wildman–Crippen LogP) is 2.96. The summed E-state index contributed by atoms with van der Waals surface area (Å²) in [5.74, 6) is -0.976. The summed E-state index contributed by atoms with van der Waals surface area (Å²) in [6.07, 6.45) is 5.09. The lowest BCUT2D eigenvalue weighted by Gasteiger charge is -2.38. The highest BCUT2D eigenvalue weighted by atomic mass is 35.5. The predicted molar refractivity (Wildman–Crippen MR) is 109 cm³/mol. The number of phenols is 1. The molecule has 150 valence electrons. The Bertz CT molecular complexity index is 1010. The SMILES string of the molecule is CC[C@@H]1CCN(c2c(O)cc3c(=O)c(C(=O)O)cn(C4CC4)c3c2Cl)C[C@H]1N. The van der Waals surface area contributed by atoms with Crippen molar-refractivity contribution in [2.75, 3.05) is 18.0 Å². The maximum absolute atomic E-state index is 12.7. The second-order valence-electron chi connectivity index (χ2n) is 7.84. The number of carbonyl (C=O) groups is 1. The number of pyridine rings is 1. The number of benzene rings is 1. The molecule has 2 atom stereocenters. The molecule has 0 amide bonds. The van der Waals surface area contributed by atoms with Crippen LogP contribution in [0.15, 0.2) is 17.1 Å². The number of rotatable bonds is 4. The number of hydrogen-bond donors (Lipinski definition) is 3. The molecule has 0 unspecified atom stereocenters. The monoisotopic (exact) mass is 405 g/mol. The Balaban J connectivity index is 1.91. The van der Waals surface area contributed by atoms with Crippen molar-refractivity contribution >= 4 is 34.2 Å². The number of aromatic hydroxyl groups is 1. The number of phenolic OH excluding ortho intramolecular Hbond substituents is 1. The molecule has 1 aromatic carbocycles. The van der Waals surface area contributed by atoms with Crippen molar-refractivity contribution in [1.29, 1.82) is 0 Å². The number of nitrogens with two attached hydrogens (primary N) is 1. The van der Waals surface area contributed by atoms with Crippen LogP contribution in [0.5, 0.6) is 5.75 Å². The van der Waals surface area contributed by atoms with E-state index in [9.17, 15) is 19.8 Å². The third-order valence-electron chi connectivity index (χ3n) is 6.03. The van der Waals surface area contributed by atoms with E-state index in [2.05, 4.69) is 6.92 Å². The van der Waals surface area contributed by atoms with E-state index in [-0.39, 0.29) is 33.8 Å². The number of halogens is 1. The number of anilines is 1. The number of aromatic carboxylic acids is 1. The molecule has 1 aliphatic heterocycles. The lowest BCUT2D eigenvalue weighted by Crippen LogP contribution is -2.48. The average Bonchev–Trinajstić information content (AvgIpc) is 3.47. The molecule has 0 radical (unpaired) electrons. The average molecular weight is 406 g/mol. The van der Waals surface area contributed by atoms with E-state index in [0.717, 1.165) is 25.7 Å². The summed E-state index contributed by atoms with van der Waals surface area (Å²) in [6.45, 7) is 3.40. The summed E-state index contributed by atoms with van der Waals surface area (Å²) in [7, 11) is 0. The molecule has 2 heterocycles. The number of hydrogen-bond acceptors (Lipinski definition) is 5. The molecule has 28 heavy (non-hydrogen) atoms. The summed E-state index contributed by atoms with van der Waals surface area (Å²) in [5.41, 5.74) is 6.32. The maximum Gasteiger partial charge on any atom is 0.341 e. The maximum atomic E-state index is 12.7. The van der Waals surface area contributed by atoms with Gasteiger partial charge in [-0.25, -0.2) is 4.79 Å². The molecular formula is C20H24ClN3O4. The van der Waals surface area contributed by atoms with Crippen molar-refractivity contribution in [2.24, 2.45) is 11.7 Å². The van der Waals surface area contributed by atoms with E-state index in [1.165, 1.54) is 12.3 Å². The van der Waals surface area contributed by atoms with E-state index < -0.39 is 11.4 Å². The normalized spacial score (nSPS) is 22.6. The molecule has 2 aromatic rings. The second kappa shape index (κ2) is 6.97. The lowest BCUT2D eigenvalue weighted by molar-refractivity contribution is 0.0695. The van der Waals surface area contributed by atoms with E-state index in [0.29, 0.717) is 30.2 Å². The Morgan fingerprint density at radius 2 is 2.07 bits per heavy atom. The van der Waals surface area contributed by atoms with Gasteiger partial charge >= 0.3 is 5.97 Å². The number of fused-ring (bicyclic) bond motifs is 1. The molecule has 2 fully saturated rings. The highest BCUT2D eigenvalue weighted by molar-refractivity contribution is 6.38. The lowest BCUT2D eigenvalue weighted by atomic mass is 9.89. The minimum Gasteiger partial charge on any atom is -0.506 e. The van der Waals surface area contributed by atoms with Crippen molar-refractivity contribution in [3.05, 3.63) is 33.1 Å². The Morgan fingerprint density at radius 3 is 2.64 bits per heavy atom. The molecule has 1 saturated heterocycles. The van der Waals surface area contributed by atoms with Crippen LogP contribution in [0, 0.1) is 5.92 Å². The fraction of sp³-hybridized carbons (Fsp3) is 0.500. The first-order valence-corrected chi connectivity index (χ1v) is 10.0. The van der Waals surface area contributed by atoms with Gasteiger partial charge in [-0.3, -0.25) is 4.79 Å². The fourth-order valence-corrected chi connectivity index (χ4v) is 4.70. The summed E-state index contributed by atoms with van der Waals surface area (Å²) in [4.78, 5) is 26.2. The molecule has 4 rings (SSSR count). The Kier molecular flexibility index (Phi) is 4.75. The molecule has 0 bridgehead atoms. The first-order chi connectivity index (χ1) is 13.3. The minimum atomic E-state index is -1.28. The third-order valence-corrected chi connectivity index (χ3v) is 6.39. The smallest absolute Gasteiger partial charge is 0.341 e. The quantitative estimate of drug-likeness (QED) is 0.721. The van der Waals surface area contributed by atoms with Crippen LogP contribution in [-0.4, -0.2) is 39.9 Å². The molecule has 7 nitrogen and oxygen atoms in total. The molecule has 0 spiro atoms. The number of nitrogens with zero attached hydrogens (tertiary/aromatic N) is 2. The van der Waals surface area contributed by atoms with Gasteiger partial charge in [-0.1, -0.05) is 24.9 Å². The zero-order valence-corrected chi connectivity index (χ0v) is 16.4. The Labute approximate surface area is 167 Å². The van der Waals surface area contributed by atoms with E-state index in [4.69, 9.17) is 17.3 Å². The van der Waals surface area contributed by atoms with Gasteiger partial charge in [-0.05, 0) is 31.2 Å². The minimum absolute atomic E-state index is 0.0232. The second-order valence-corrected chi connectivity index (χ2v) is 8.21.